The number of benzene rings is 1. The van der Waals surface area contributed by atoms with E-state index >= 15 is 0 Å². The lowest BCUT2D eigenvalue weighted by atomic mass is 9.72. The van der Waals surface area contributed by atoms with Gasteiger partial charge in [0.2, 0.25) is 0 Å². The number of aryl methyl sites for hydroxylation is 1. The van der Waals surface area contributed by atoms with E-state index in [1.54, 1.807) is 0 Å². The molecule has 2 aliphatic rings. The van der Waals surface area contributed by atoms with E-state index in [0.29, 0.717) is 11.3 Å². The van der Waals surface area contributed by atoms with Crippen molar-refractivity contribution < 1.29 is 5.11 Å². The summed E-state index contributed by atoms with van der Waals surface area (Å²) in [6.45, 7) is 4.81. The second kappa shape index (κ2) is 6.36. The van der Waals surface area contributed by atoms with E-state index in [9.17, 15) is 5.11 Å². The molecule has 112 valence electrons. The molecular formula is C17H26ClNO. The predicted octanol–water partition coefficient (Wildman–Crippen LogP) is 3.94. The number of phenols is 1. The maximum atomic E-state index is 9.62. The lowest BCUT2D eigenvalue weighted by Gasteiger charge is -2.50. The molecule has 1 N–H and O–H groups in total. The Bertz CT molecular complexity index is 460. The fraction of sp³-hybridized carbons (Fsp3) is 0.647. The van der Waals surface area contributed by atoms with Crippen LogP contribution in [-0.4, -0.2) is 28.6 Å². The van der Waals surface area contributed by atoms with Crippen LogP contribution in [0.5, 0.6) is 5.75 Å². The lowest BCUT2D eigenvalue weighted by Crippen LogP contribution is -2.55. The third-order valence-corrected chi connectivity index (χ3v) is 5.05. The molecule has 20 heavy (non-hydrogen) atoms. The van der Waals surface area contributed by atoms with Crippen LogP contribution < -0.4 is 0 Å². The Hall–Kier alpha value is -0.730. The minimum atomic E-state index is 0. The molecule has 0 saturated carbocycles. The Labute approximate surface area is 128 Å². The highest BCUT2D eigenvalue weighted by Gasteiger charge is 2.40. The Kier molecular flexibility index (Phi) is 4.98. The van der Waals surface area contributed by atoms with E-state index in [1.165, 1.54) is 62.7 Å². The first-order valence-corrected chi connectivity index (χ1v) is 7.79. The molecule has 0 aromatic heterocycles. The Balaban J connectivity index is 0.00000147. The first-order valence-electron chi connectivity index (χ1n) is 7.79. The molecule has 1 spiro atoms. The molecular weight excluding hydrogens is 270 g/mol. The lowest BCUT2D eigenvalue weighted by molar-refractivity contribution is 0.0340. The van der Waals surface area contributed by atoms with Crippen LogP contribution in [0, 0.1) is 0 Å². The number of hydrogen-bond donors (Lipinski definition) is 1. The number of piperidine rings is 1. The molecule has 0 bridgehead atoms. The first kappa shape index (κ1) is 15.7. The number of hydrogen-bond acceptors (Lipinski definition) is 2. The molecule has 3 heteroatoms. The first-order chi connectivity index (χ1) is 9.23. The molecule has 2 nitrogen and oxygen atoms in total. The number of rotatable bonds is 2. The number of phenolic OH excluding ortho intramolecular Hbond substituents is 1. The minimum Gasteiger partial charge on any atom is -0.508 e. The van der Waals surface area contributed by atoms with Crippen LogP contribution in [0.4, 0.5) is 0 Å². The summed E-state index contributed by atoms with van der Waals surface area (Å²) in [7, 11) is 0. The fourth-order valence-corrected chi connectivity index (χ4v) is 4.08. The minimum absolute atomic E-state index is 0. The van der Waals surface area contributed by atoms with Crippen molar-refractivity contribution in [2.75, 3.05) is 13.1 Å². The predicted molar refractivity (Wildman–Crippen MR) is 85.8 cm³/mol. The van der Waals surface area contributed by atoms with Crippen LogP contribution in [0.25, 0.3) is 0 Å². The number of aromatic hydroxyl groups is 1. The monoisotopic (exact) mass is 295 g/mol. The zero-order valence-corrected chi connectivity index (χ0v) is 13.2. The van der Waals surface area contributed by atoms with Crippen molar-refractivity contribution in [3.8, 4) is 5.75 Å². The second-order valence-electron chi connectivity index (χ2n) is 6.30. The average molecular weight is 296 g/mol. The molecule has 3 rings (SSSR count). The second-order valence-corrected chi connectivity index (χ2v) is 6.30. The summed E-state index contributed by atoms with van der Waals surface area (Å²) in [5, 5.41) is 9.62. The van der Waals surface area contributed by atoms with Crippen molar-refractivity contribution in [1.29, 1.82) is 0 Å². The molecule has 1 aliphatic carbocycles. The quantitative estimate of drug-likeness (QED) is 0.893. The van der Waals surface area contributed by atoms with Gasteiger partial charge in [-0.2, -0.15) is 0 Å². The van der Waals surface area contributed by atoms with Crippen LogP contribution in [0.15, 0.2) is 18.2 Å². The van der Waals surface area contributed by atoms with Gasteiger partial charge in [0.1, 0.15) is 5.75 Å². The third kappa shape index (κ3) is 2.82. The van der Waals surface area contributed by atoms with Gasteiger partial charge in [-0.05, 0) is 74.9 Å². The van der Waals surface area contributed by atoms with Crippen molar-refractivity contribution in [1.82, 2.24) is 4.90 Å². The molecule has 1 aliphatic heterocycles. The summed E-state index contributed by atoms with van der Waals surface area (Å²) in [6.07, 6.45) is 8.94. The number of fused-ring (bicyclic) bond motifs is 1. The third-order valence-electron chi connectivity index (χ3n) is 5.05. The van der Waals surface area contributed by atoms with Gasteiger partial charge in [0.25, 0.3) is 0 Å². The molecule has 1 heterocycles. The molecule has 0 radical (unpaired) electrons. The van der Waals surface area contributed by atoms with Crippen molar-refractivity contribution in [2.45, 2.75) is 57.4 Å². The van der Waals surface area contributed by atoms with Crippen molar-refractivity contribution >= 4 is 12.4 Å². The van der Waals surface area contributed by atoms with Crippen LogP contribution >= 0.6 is 12.4 Å². The van der Waals surface area contributed by atoms with E-state index in [0.717, 1.165) is 6.42 Å². The standard InChI is InChI=1S/C17H25NO.ClH/c1-2-10-18-11-4-3-8-17(18)9-7-14-12-16(19)6-5-15(14)13-17;/h5-6,12,19H,2-4,7-11,13H2,1H3;1H. The summed E-state index contributed by atoms with van der Waals surface area (Å²) < 4.78 is 0. The highest BCUT2D eigenvalue weighted by atomic mass is 35.5. The summed E-state index contributed by atoms with van der Waals surface area (Å²) in [5.41, 5.74) is 3.25. The maximum absolute atomic E-state index is 9.62. The highest BCUT2D eigenvalue weighted by Crippen LogP contribution is 2.40. The zero-order chi connectivity index (χ0) is 13.3. The van der Waals surface area contributed by atoms with Gasteiger partial charge >= 0.3 is 0 Å². The van der Waals surface area contributed by atoms with Crippen LogP contribution in [0.3, 0.4) is 0 Å². The summed E-state index contributed by atoms with van der Waals surface area (Å²) >= 11 is 0. The zero-order valence-electron chi connectivity index (χ0n) is 12.4. The van der Waals surface area contributed by atoms with E-state index in [-0.39, 0.29) is 12.4 Å². The van der Waals surface area contributed by atoms with E-state index in [4.69, 9.17) is 0 Å². The molecule has 1 saturated heterocycles. The smallest absolute Gasteiger partial charge is 0.115 e. The van der Waals surface area contributed by atoms with Gasteiger partial charge in [-0.15, -0.1) is 12.4 Å². The van der Waals surface area contributed by atoms with Gasteiger partial charge in [0.15, 0.2) is 0 Å². The molecule has 1 atom stereocenters. The summed E-state index contributed by atoms with van der Waals surface area (Å²) in [5.74, 6) is 0.420. The van der Waals surface area contributed by atoms with Crippen LogP contribution in [0.2, 0.25) is 0 Å². The average Bonchev–Trinajstić information content (AvgIpc) is 2.42. The number of likely N-dealkylation sites (tertiary alicyclic amines) is 1. The van der Waals surface area contributed by atoms with Gasteiger partial charge in [-0.3, -0.25) is 4.90 Å². The van der Waals surface area contributed by atoms with Crippen LogP contribution in [-0.2, 0) is 12.8 Å². The Morgan fingerprint density at radius 2 is 2.05 bits per heavy atom. The van der Waals surface area contributed by atoms with E-state index in [1.807, 2.05) is 12.1 Å². The van der Waals surface area contributed by atoms with Crippen LogP contribution in [0.1, 0.15) is 50.2 Å². The van der Waals surface area contributed by atoms with Gasteiger partial charge in [-0.1, -0.05) is 19.4 Å². The number of nitrogens with zero attached hydrogens (tertiary/aromatic N) is 1. The normalized spacial score (nSPS) is 26.1. The fourth-order valence-electron chi connectivity index (χ4n) is 4.08. The van der Waals surface area contributed by atoms with Gasteiger partial charge in [0, 0.05) is 5.54 Å². The Morgan fingerprint density at radius 1 is 1.20 bits per heavy atom. The van der Waals surface area contributed by atoms with Gasteiger partial charge < -0.3 is 5.11 Å². The largest absolute Gasteiger partial charge is 0.508 e. The maximum Gasteiger partial charge on any atom is 0.115 e. The highest BCUT2D eigenvalue weighted by molar-refractivity contribution is 5.85. The molecule has 1 aromatic carbocycles. The summed E-state index contributed by atoms with van der Waals surface area (Å²) in [6, 6.07) is 5.96. The SMILES string of the molecule is CCCN1CCCCC12CCc1cc(O)ccc1C2.Cl. The van der Waals surface area contributed by atoms with Crippen molar-refractivity contribution in [3.63, 3.8) is 0 Å². The molecule has 0 amide bonds. The topological polar surface area (TPSA) is 23.5 Å². The van der Waals surface area contributed by atoms with Crippen molar-refractivity contribution in [2.24, 2.45) is 0 Å². The Morgan fingerprint density at radius 3 is 2.85 bits per heavy atom. The van der Waals surface area contributed by atoms with E-state index in [2.05, 4.69) is 17.9 Å². The van der Waals surface area contributed by atoms with Crippen molar-refractivity contribution in [3.05, 3.63) is 29.3 Å². The molecule has 1 unspecified atom stereocenters. The summed E-state index contributed by atoms with van der Waals surface area (Å²) in [4.78, 5) is 2.76. The van der Waals surface area contributed by atoms with Gasteiger partial charge in [-0.25, -0.2) is 0 Å². The van der Waals surface area contributed by atoms with Gasteiger partial charge in [0.05, 0.1) is 0 Å². The molecule has 1 aromatic rings. The van der Waals surface area contributed by atoms with E-state index < -0.39 is 0 Å². The molecule has 1 fully saturated rings. The number of halogens is 1.